The molecule has 3 atom stereocenters. The third-order valence-corrected chi connectivity index (χ3v) is 4.91. The Balaban J connectivity index is 1.99. The second-order valence-corrected chi connectivity index (χ2v) is 6.79. The lowest BCUT2D eigenvalue weighted by molar-refractivity contribution is -0.140. The fourth-order valence-corrected chi connectivity index (χ4v) is 3.76. The number of hydrogen-bond acceptors (Lipinski definition) is 3. The van der Waals surface area contributed by atoms with Crippen molar-refractivity contribution in [3.63, 3.8) is 0 Å². The molecule has 0 aromatic carbocycles. The lowest BCUT2D eigenvalue weighted by atomic mass is 9.97. The molecule has 0 aliphatic carbocycles. The van der Waals surface area contributed by atoms with Gasteiger partial charge in [-0.05, 0) is 52.5 Å². The Bertz CT molecular complexity index is 387. The molecule has 0 radical (unpaired) electrons. The number of rotatable bonds is 3. The molecule has 0 N–H and O–H groups in total. The van der Waals surface area contributed by atoms with Crippen molar-refractivity contribution in [2.75, 3.05) is 27.2 Å². The predicted octanol–water partition coefficient (Wildman–Crippen LogP) is 1.33. The van der Waals surface area contributed by atoms with Gasteiger partial charge >= 0.3 is 0 Å². The lowest BCUT2D eigenvalue weighted by Crippen LogP contribution is -2.53. The van der Waals surface area contributed by atoms with Crippen molar-refractivity contribution >= 4 is 11.8 Å². The van der Waals surface area contributed by atoms with Gasteiger partial charge in [0.2, 0.25) is 11.8 Å². The first kappa shape index (κ1) is 16.3. The SMILES string of the molecule is C[C@@H]1CCC[C@@H](C)N1C(=O)CN1CCC[C@@H]1C(=O)N(C)C. The molecule has 2 aliphatic heterocycles. The minimum Gasteiger partial charge on any atom is -0.347 e. The zero-order valence-corrected chi connectivity index (χ0v) is 13.8. The summed E-state index contributed by atoms with van der Waals surface area (Å²) >= 11 is 0. The summed E-state index contributed by atoms with van der Waals surface area (Å²) in [4.78, 5) is 30.6. The van der Waals surface area contributed by atoms with Gasteiger partial charge in [0.1, 0.15) is 0 Å². The third-order valence-electron chi connectivity index (χ3n) is 4.91. The van der Waals surface area contributed by atoms with Gasteiger partial charge in [0.25, 0.3) is 0 Å². The molecule has 5 heteroatoms. The van der Waals surface area contributed by atoms with Gasteiger partial charge in [-0.2, -0.15) is 0 Å². The van der Waals surface area contributed by atoms with E-state index in [2.05, 4.69) is 18.7 Å². The number of hydrogen-bond donors (Lipinski definition) is 0. The van der Waals surface area contributed by atoms with Gasteiger partial charge in [0.15, 0.2) is 0 Å². The molecule has 0 unspecified atom stereocenters. The number of likely N-dealkylation sites (N-methyl/N-ethyl adjacent to an activating group) is 1. The molecule has 120 valence electrons. The van der Waals surface area contributed by atoms with Gasteiger partial charge in [-0.15, -0.1) is 0 Å². The van der Waals surface area contributed by atoms with Gasteiger partial charge in [0, 0.05) is 26.2 Å². The molecule has 5 nitrogen and oxygen atoms in total. The molecule has 2 amide bonds. The Hall–Kier alpha value is -1.10. The van der Waals surface area contributed by atoms with E-state index in [4.69, 9.17) is 0 Å². The number of nitrogens with zero attached hydrogens (tertiary/aromatic N) is 3. The van der Waals surface area contributed by atoms with Crippen LogP contribution < -0.4 is 0 Å². The molecule has 2 rings (SSSR count). The van der Waals surface area contributed by atoms with E-state index in [-0.39, 0.29) is 17.9 Å². The highest BCUT2D eigenvalue weighted by Gasteiger charge is 2.36. The summed E-state index contributed by atoms with van der Waals surface area (Å²) in [5.41, 5.74) is 0. The van der Waals surface area contributed by atoms with E-state index in [1.54, 1.807) is 19.0 Å². The van der Waals surface area contributed by atoms with Crippen LogP contribution in [0.5, 0.6) is 0 Å². The van der Waals surface area contributed by atoms with Gasteiger partial charge in [0.05, 0.1) is 12.6 Å². The van der Waals surface area contributed by atoms with Crippen LogP contribution in [0.4, 0.5) is 0 Å². The van der Waals surface area contributed by atoms with Crippen LogP contribution in [0.25, 0.3) is 0 Å². The van der Waals surface area contributed by atoms with Crippen LogP contribution in [-0.2, 0) is 9.59 Å². The van der Waals surface area contributed by atoms with E-state index in [1.807, 2.05) is 4.90 Å². The summed E-state index contributed by atoms with van der Waals surface area (Å²) in [6, 6.07) is 0.540. The van der Waals surface area contributed by atoms with E-state index in [0.29, 0.717) is 18.6 Å². The van der Waals surface area contributed by atoms with Crippen LogP contribution in [0.2, 0.25) is 0 Å². The molecule has 0 aromatic heterocycles. The molecule has 0 bridgehead atoms. The maximum atomic E-state index is 12.7. The molecule has 21 heavy (non-hydrogen) atoms. The molecular weight excluding hydrogens is 266 g/mol. The van der Waals surface area contributed by atoms with E-state index in [9.17, 15) is 9.59 Å². The zero-order valence-electron chi connectivity index (χ0n) is 13.8. The van der Waals surface area contributed by atoms with Crippen molar-refractivity contribution in [2.24, 2.45) is 0 Å². The second kappa shape index (κ2) is 6.77. The van der Waals surface area contributed by atoms with Crippen LogP contribution in [0, 0.1) is 0 Å². The number of amides is 2. The fourth-order valence-electron chi connectivity index (χ4n) is 3.76. The molecular formula is C16H29N3O2. The molecule has 2 aliphatic rings. The van der Waals surface area contributed by atoms with Crippen LogP contribution >= 0.6 is 0 Å². The number of piperidine rings is 1. The summed E-state index contributed by atoms with van der Waals surface area (Å²) in [6.45, 7) is 5.52. The molecule has 0 aromatic rings. The van der Waals surface area contributed by atoms with Crippen LogP contribution in [0.3, 0.4) is 0 Å². The Morgan fingerprint density at radius 1 is 1.05 bits per heavy atom. The van der Waals surface area contributed by atoms with E-state index in [1.165, 1.54) is 6.42 Å². The van der Waals surface area contributed by atoms with Crippen molar-refractivity contribution in [3.05, 3.63) is 0 Å². The maximum Gasteiger partial charge on any atom is 0.239 e. The highest BCUT2D eigenvalue weighted by atomic mass is 16.2. The third kappa shape index (κ3) is 3.57. The highest BCUT2D eigenvalue weighted by molar-refractivity contribution is 5.84. The first-order valence-corrected chi connectivity index (χ1v) is 8.18. The maximum absolute atomic E-state index is 12.7. The first-order chi connectivity index (χ1) is 9.91. The quantitative estimate of drug-likeness (QED) is 0.789. The van der Waals surface area contributed by atoms with Gasteiger partial charge in [-0.3, -0.25) is 14.5 Å². The topological polar surface area (TPSA) is 43.9 Å². The van der Waals surface area contributed by atoms with Crippen LogP contribution in [0.1, 0.15) is 46.0 Å². The number of likely N-dealkylation sites (tertiary alicyclic amines) is 2. The molecule has 2 heterocycles. The minimum absolute atomic E-state index is 0.112. The van der Waals surface area contributed by atoms with E-state index in [0.717, 1.165) is 32.2 Å². The molecule has 2 saturated heterocycles. The average molecular weight is 295 g/mol. The van der Waals surface area contributed by atoms with Crippen molar-refractivity contribution in [2.45, 2.75) is 64.1 Å². The van der Waals surface area contributed by atoms with Crippen molar-refractivity contribution in [3.8, 4) is 0 Å². The predicted molar refractivity (Wildman–Crippen MR) is 82.9 cm³/mol. The summed E-state index contributed by atoms with van der Waals surface area (Å²) in [7, 11) is 3.57. The molecule has 0 saturated carbocycles. The number of carbonyl (C=O) groups is 2. The lowest BCUT2D eigenvalue weighted by Gasteiger charge is -2.40. The number of carbonyl (C=O) groups excluding carboxylic acids is 2. The first-order valence-electron chi connectivity index (χ1n) is 8.18. The van der Waals surface area contributed by atoms with Crippen LogP contribution in [0.15, 0.2) is 0 Å². The van der Waals surface area contributed by atoms with Crippen molar-refractivity contribution < 1.29 is 9.59 Å². The summed E-state index contributed by atoms with van der Waals surface area (Å²) in [5.74, 6) is 0.313. The van der Waals surface area contributed by atoms with Gasteiger partial charge in [-0.25, -0.2) is 0 Å². The highest BCUT2D eigenvalue weighted by Crippen LogP contribution is 2.24. The summed E-state index contributed by atoms with van der Waals surface area (Å²) in [5, 5.41) is 0. The average Bonchev–Trinajstić information content (AvgIpc) is 2.85. The zero-order chi connectivity index (χ0) is 15.6. The minimum atomic E-state index is -0.112. The standard InChI is InChI=1S/C16H29N3O2/c1-12-7-5-8-13(2)19(12)15(20)11-18-10-6-9-14(18)16(21)17(3)4/h12-14H,5-11H2,1-4H3/t12-,13-,14-/m1/s1. The smallest absolute Gasteiger partial charge is 0.239 e. The normalized spacial score (nSPS) is 30.5. The second-order valence-electron chi connectivity index (χ2n) is 6.79. The fraction of sp³-hybridized carbons (Fsp3) is 0.875. The Morgan fingerprint density at radius 3 is 2.24 bits per heavy atom. The monoisotopic (exact) mass is 295 g/mol. The largest absolute Gasteiger partial charge is 0.347 e. The van der Waals surface area contributed by atoms with E-state index >= 15 is 0 Å². The van der Waals surface area contributed by atoms with Crippen LogP contribution in [-0.4, -0.2) is 71.8 Å². The van der Waals surface area contributed by atoms with Gasteiger partial charge < -0.3 is 9.80 Å². The van der Waals surface area contributed by atoms with Crippen molar-refractivity contribution in [1.82, 2.24) is 14.7 Å². The van der Waals surface area contributed by atoms with Gasteiger partial charge in [-0.1, -0.05) is 0 Å². The Labute approximate surface area is 128 Å². The summed E-state index contributed by atoms with van der Waals surface area (Å²) < 4.78 is 0. The molecule has 2 fully saturated rings. The van der Waals surface area contributed by atoms with E-state index < -0.39 is 0 Å². The Kier molecular flexibility index (Phi) is 5.25. The molecule has 0 spiro atoms. The summed E-state index contributed by atoms with van der Waals surface area (Å²) in [6.07, 6.45) is 5.27. The Morgan fingerprint density at radius 2 is 1.67 bits per heavy atom. The van der Waals surface area contributed by atoms with Crippen molar-refractivity contribution in [1.29, 1.82) is 0 Å².